The normalized spacial score (nSPS) is 11.5. The Morgan fingerprint density at radius 2 is 1.67 bits per heavy atom. The van der Waals surface area contributed by atoms with Crippen molar-refractivity contribution in [2.45, 2.75) is 19.6 Å². The Morgan fingerprint density at radius 1 is 1.00 bits per heavy atom. The van der Waals surface area contributed by atoms with Crippen molar-refractivity contribution in [2.24, 2.45) is 0 Å². The molecule has 0 bridgehead atoms. The number of aromatic amines is 1. The van der Waals surface area contributed by atoms with Crippen molar-refractivity contribution in [2.75, 3.05) is 0 Å². The summed E-state index contributed by atoms with van der Waals surface area (Å²) in [6.07, 6.45) is 3.29. The van der Waals surface area contributed by atoms with Crippen LogP contribution in [0.25, 0.3) is 10.9 Å². The molecule has 3 aromatic heterocycles. The highest BCUT2D eigenvalue weighted by Crippen LogP contribution is 2.25. The van der Waals surface area contributed by atoms with Gasteiger partial charge >= 0.3 is 0 Å². The van der Waals surface area contributed by atoms with Crippen LogP contribution < -0.4 is 5.56 Å². The molecule has 0 aliphatic rings. The molecule has 0 spiro atoms. The largest absolute Gasteiger partial charge is 0.468 e. The van der Waals surface area contributed by atoms with Gasteiger partial charge in [-0.3, -0.25) is 9.69 Å². The molecule has 6 nitrogen and oxygen atoms in total. The van der Waals surface area contributed by atoms with Crippen LogP contribution in [0.1, 0.15) is 17.3 Å². The third-order valence-corrected chi connectivity index (χ3v) is 5.13. The number of nitrogens with zero attached hydrogens (tertiary/aromatic N) is 2. The average Bonchev–Trinajstić information content (AvgIpc) is 3.30. The van der Waals surface area contributed by atoms with Gasteiger partial charge in [0.2, 0.25) is 0 Å². The van der Waals surface area contributed by atoms with E-state index in [1.807, 2.05) is 30.3 Å². The third kappa shape index (κ3) is 4.23. The number of benzene rings is 1. The highest BCUT2D eigenvalue weighted by molar-refractivity contribution is 9.11. The van der Waals surface area contributed by atoms with Crippen molar-refractivity contribution in [1.29, 1.82) is 0 Å². The molecule has 0 saturated carbocycles. The van der Waals surface area contributed by atoms with Crippen molar-refractivity contribution >= 4 is 42.8 Å². The second kappa shape index (κ2) is 7.84. The molecule has 0 fully saturated rings. The Kier molecular flexibility index (Phi) is 5.29. The lowest BCUT2D eigenvalue weighted by Gasteiger charge is -2.19. The zero-order chi connectivity index (χ0) is 18.8. The molecule has 0 atom stereocenters. The summed E-state index contributed by atoms with van der Waals surface area (Å²) in [5, 5.41) is 0.531. The number of nitrogens with one attached hydrogen (secondary N) is 1. The Bertz CT molecular complexity index is 1070. The summed E-state index contributed by atoms with van der Waals surface area (Å²) >= 11 is 6.89. The maximum absolute atomic E-state index is 12.5. The van der Waals surface area contributed by atoms with Crippen molar-refractivity contribution in [3.05, 3.63) is 85.6 Å². The van der Waals surface area contributed by atoms with Gasteiger partial charge in [-0.2, -0.15) is 0 Å². The topological polar surface area (TPSA) is 75.3 Å². The summed E-state index contributed by atoms with van der Waals surface area (Å²) in [6, 6.07) is 11.2. The number of H-pyrrole nitrogens is 1. The Labute approximate surface area is 171 Å². The van der Waals surface area contributed by atoms with Crippen LogP contribution in [-0.2, 0) is 19.6 Å². The van der Waals surface area contributed by atoms with Gasteiger partial charge in [0.05, 0.1) is 43.1 Å². The van der Waals surface area contributed by atoms with Gasteiger partial charge in [0.25, 0.3) is 5.56 Å². The van der Waals surface area contributed by atoms with Gasteiger partial charge in [0.15, 0.2) is 0 Å². The second-order valence-corrected chi connectivity index (χ2v) is 7.87. The first-order valence-electron chi connectivity index (χ1n) is 8.23. The molecule has 4 rings (SSSR count). The highest BCUT2D eigenvalue weighted by Gasteiger charge is 2.15. The number of hydrogen-bond acceptors (Lipinski definition) is 5. The van der Waals surface area contributed by atoms with E-state index in [1.54, 1.807) is 18.6 Å². The SMILES string of the molecule is O=c1[nH]c(CN(Cc2ccco2)Cc2ccco2)nc2c(Br)cc(Br)cc12. The molecule has 0 unspecified atom stereocenters. The third-order valence-electron chi connectivity index (χ3n) is 4.07. The lowest BCUT2D eigenvalue weighted by atomic mass is 10.2. The molecule has 3 heterocycles. The molecule has 138 valence electrons. The highest BCUT2D eigenvalue weighted by atomic mass is 79.9. The summed E-state index contributed by atoms with van der Waals surface area (Å²) < 4.78 is 12.5. The zero-order valence-electron chi connectivity index (χ0n) is 14.1. The van der Waals surface area contributed by atoms with E-state index in [4.69, 9.17) is 8.83 Å². The van der Waals surface area contributed by atoms with Crippen LogP contribution in [0.4, 0.5) is 0 Å². The molecule has 27 heavy (non-hydrogen) atoms. The van der Waals surface area contributed by atoms with Crippen LogP contribution in [0, 0.1) is 0 Å². The molecule has 0 saturated heterocycles. The number of aromatic nitrogens is 2. The van der Waals surface area contributed by atoms with Crippen molar-refractivity contribution in [3.8, 4) is 0 Å². The fraction of sp³-hybridized carbons (Fsp3) is 0.158. The van der Waals surface area contributed by atoms with Crippen LogP contribution in [0.5, 0.6) is 0 Å². The maximum Gasteiger partial charge on any atom is 0.258 e. The fourth-order valence-corrected chi connectivity index (χ4v) is 4.23. The molecule has 0 radical (unpaired) electrons. The number of furan rings is 2. The molecule has 1 aromatic carbocycles. The van der Waals surface area contributed by atoms with Gasteiger partial charge in [-0.25, -0.2) is 4.98 Å². The van der Waals surface area contributed by atoms with E-state index in [-0.39, 0.29) is 5.56 Å². The summed E-state index contributed by atoms with van der Waals surface area (Å²) in [5.74, 6) is 2.23. The van der Waals surface area contributed by atoms with E-state index in [2.05, 4.69) is 46.7 Å². The lowest BCUT2D eigenvalue weighted by Crippen LogP contribution is -2.25. The van der Waals surface area contributed by atoms with E-state index in [0.717, 1.165) is 20.5 Å². The fourth-order valence-electron chi connectivity index (χ4n) is 2.91. The monoisotopic (exact) mass is 491 g/mol. The van der Waals surface area contributed by atoms with Gasteiger partial charge in [0, 0.05) is 8.95 Å². The Morgan fingerprint density at radius 3 is 2.26 bits per heavy atom. The van der Waals surface area contributed by atoms with Gasteiger partial charge in [-0.15, -0.1) is 0 Å². The molecular weight excluding hydrogens is 478 g/mol. The first-order chi connectivity index (χ1) is 13.1. The number of hydrogen-bond donors (Lipinski definition) is 1. The molecule has 8 heteroatoms. The van der Waals surface area contributed by atoms with E-state index in [9.17, 15) is 4.79 Å². The smallest absolute Gasteiger partial charge is 0.258 e. The predicted octanol–water partition coefficient (Wildman–Crippen LogP) is 4.84. The quantitative estimate of drug-likeness (QED) is 0.417. The Hall–Kier alpha value is -2.16. The van der Waals surface area contributed by atoms with Crippen LogP contribution >= 0.6 is 31.9 Å². The predicted molar refractivity (Wildman–Crippen MR) is 108 cm³/mol. The number of halogens is 2. The van der Waals surface area contributed by atoms with E-state index in [1.165, 1.54) is 0 Å². The van der Waals surface area contributed by atoms with E-state index in [0.29, 0.717) is 36.4 Å². The van der Waals surface area contributed by atoms with Gasteiger partial charge < -0.3 is 13.8 Å². The van der Waals surface area contributed by atoms with Gasteiger partial charge in [-0.05, 0) is 52.3 Å². The second-order valence-electron chi connectivity index (χ2n) is 6.10. The van der Waals surface area contributed by atoms with Crippen LogP contribution in [0.2, 0.25) is 0 Å². The molecule has 0 aliphatic carbocycles. The molecule has 4 aromatic rings. The average molecular weight is 493 g/mol. The minimum absolute atomic E-state index is 0.173. The van der Waals surface area contributed by atoms with Crippen molar-refractivity contribution < 1.29 is 8.83 Å². The summed E-state index contributed by atoms with van der Waals surface area (Å²) in [4.78, 5) is 22.2. The van der Waals surface area contributed by atoms with Crippen LogP contribution in [-0.4, -0.2) is 14.9 Å². The van der Waals surface area contributed by atoms with E-state index >= 15 is 0 Å². The van der Waals surface area contributed by atoms with Crippen LogP contribution in [0.3, 0.4) is 0 Å². The summed E-state index contributed by atoms with van der Waals surface area (Å²) in [5.41, 5.74) is 0.459. The number of rotatable bonds is 6. The van der Waals surface area contributed by atoms with Crippen molar-refractivity contribution in [3.63, 3.8) is 0 Å². The van der Waals surface area contributed by atoms with Gasteiger partial charge in [-0.1, -0.05) is 15.9 Å². The van der Waals surface area contributed by atoms with Crippen LogP contribution in [0.15, 0.2) is 71.5 Å². The summed E-state index contributed by atoms with van der Waals surface area (Å²) in [6.45, 7) is 1.57. The number of fused-ring (bicyclic) bond motifs is 1. The van der Waals surface area contributed by atoms with Gasteiger partial charge in [0.1, 0.15) is 17.3 Å². The van der Waals surface area contributed by atoms with E-state index < -0.39 is 0 Å². The minimum Gasteiger partial charge on any atom is -0.468 e. The molecule has 1 N–H and O–H groups in total. The zero-order valence-corrected chi connectivity index (χ0v) is 17.3. The summed E-state index contributed by atoms with van der Waals surface area (Å²) in [7, 11) is 0. The first-order valence-corrected chi connectivity index (χ1v) is 9.82. The van der Waals surface area contributed by atoms with Crippen molar-refractivity contribution in [1.82, 2.24) is 14.9 Å². The maximum atomic E-state index is 12.5. The molecular formula is C19H15Br2N3O3. The molecule has 0 amide bonds. The molecule has 0 aliphatic heterocycles. The standard InChI is InChI=1S/C19H15Br2N3O3/c20-12-7-15-18(16(21)8-12)22-17(23-19(15)25)11-24(9-13-3-1-5-26-13)10-14-4-2-6-27-14/h1-8H,9-11H2,(H,22,23,25). The lowest BCUT2D eigenvalue weighted by molar-refractivity contribution is 0.205. The first kappa shape index (κ1) is 18.2. The Balaban J connectivity index is 1.66. The minimum atomic E-state index is -0.173.